The van der Waals surface area contributed by atoms with E-state index in [-0.39, 0.29) is 5.91 Å². The first-order chi connectivity index (χ1) is 8.81. The molecule has 0 unspecified atom stereocenters. The van der Waals surface area contributed by atoms with Crippen LogP contribution in [-0.2, 0) is 0 Å². The Balaban J connectivity index is 2.00. The van der Waals surface area contributed by atoms with Crippen LogP contribution in [0, 0.1) is 0 Å². The van der Waals surface area contributed by atoms with Crippen LogP contribution >= 0.6 is 0 Å². The molecule has 1 aromatic rings. The maximum absolute atomic E-state index is 11.6. The van der Waals surface area contributed by atoms with Gasteiger partial charge in [-0.1, -0.05) is 6.08 Å². The summed E-state index contributed by atoms with van der Waals surface area (Å²) in [4.78, 5) is 22.3. The van der Waals surface area contributed by atoms with Crippen LogP contribution in [0.3, 0.4) is 0 Å². The first-order valence-corrected chi connectivity index (χ1v) is 6.27. The van der Waals surface area contributed by atoms with Gasteiger partial charge < -0.3 is 10.2 Å². The lowest BCUT2D eigenvalue weighted by Crippen LogP contribution is -2.30. The van der Waals surface area contributed by atoms with Gasteiger partial charge in [-0.05, 0) is 19.3 Å². The molecule has 0 aliphatic carbocycles. The Morgan fingerprint density at radius 2 is 2.11 bits per heavy atom. The quantitative estimate of drug-likeness (QED) is 0.815. The summed E-state index contributed by atoms with van der Waals surface area (Å²) in [6, 6.07) is 0. The number of carbonyl (C=O) groups excluding carboxylic acids is 1. The van der Waals surface area contributed by atoms with Crippen LogP contribution in [0.15, 0.2) is 25.0 Å². The van der Waals surface area contributed by atoms with Crippen LogP contribution in [0.25, 0.3) is 0 Å². The molecule has 1 amide bonds. The Labute approximate surface area is 107 Å². The van der Waals surface area contributed by atoms with Gasteiger partial charge in [0.05, 0.1) is 12.4 Å². The molecular formula is C13H18N4O. The molecule has 0 aromatic carbocycles. The summed E-state index contributed by atoms with van der Waals surface area (Å²) in [6.45, 7) is 6.03. The minimum absolute atomic E-state index is 0.215. The summed E-state index contributed by atoms with van der Waals surface area (Å²) >= 11 is 0. The van der Waals surface area contributed by atoms with Gasteiger partial charge in [0.1, 0.15) is 11.5 Å². The van der Waals surface area contributed by atoms with Crippen molar-refractivity contribution in [2.75, 3.05) is 24.5 Å². The number of rotatable bonds is 4. The minimum atomic E-state index is -0.215. The molecular weight excluding hydrogens is 228 g/mol. The monoisotopic (exact) mass is 246 g/mol. The number of amides is 1. The molecule has 1 aromatic heterocycles. The van der Waals surface area contributed by atoms with E-state index in [2.05, 4.69) is 26.8 Å². The van der Waals surface area contributed by atoms with Crippen LogP contribution in [0.1, 0.15) is 29.8 Å². The van der Waals surface area contributed by atoms with Crippen molar-refractivity contribution in [3.05, 3.63) is 30.7 Å². The van der Waals surface area contributed by atoms with Crippen molar-refractivity contribution >= 4 is 11.7 Å². The molecule has 0 spiro atoms. The predicted molar refractivity (Wildman–Crippen MR) is 70.6 cm³/mol. The smallest absolute Gasteiger partial charge is 0.271 e. The van der Waals surface area contributed by atoms with Gasteiger partial charge in [0, 0.05) is 19.6 Å². The number of piperidine rings is 1. The zero-order valence-corrected chi connectivity index (χ0v) is 10.4. The molecule has 18 heavy (non-hydrogen) atoms. The van der Waals surface area contributed by atoms with E-state index in [1.807, 2.05) is 0 Å². The lowest BCUT2D eigenvalue weighted by Gasteiger charge is -2.27. The zero-order chi connectivity index (χ0) is 12.8. The fourth-order valence-electron chi connectivity index (χ4n) is 1.98. The molecule has 5 nitrogen and oxygen atoms in total. The van der Waals surface area contributed by atoms with E-state index in [1.54, 1.807) is 12.3 Å². The number of nitrogens with zero attached hydrogens (tertiary/aromatic N) is 3. The van der Waals surface area contributed by atoms with Gasteiger partial charge in [0.2, 0.25) is 0 Å². The molecule has 0 bridgehead atoms. The van der Waals surface area contributed by atoms with Crippen molar-refractivity contribution in [1.82, 2.24) is 15.3 Å². The van der Waals surface area contributed by atoms with Crippen LogP contribution in [0.5, 0.6) is 0 Å². The van der Waals surface area contributed by atoms with Gasteiger partial charge in [0.25, 0.3) is 5.91 Å². The normalized spacial score (nSPS) is 15.2. The van der Waals surface area contributed by atoms with Gasteiger partial charge in [-0.3, -0.25) is 4.79 Å². The van der Waals surface area contributed by atoms with Crippen molar-refractivity contribution in [1.29, 1.82) is 0 Å². The Hall–Kier alpha value is -1.91. The molecule has 1 fully saturated rings. The molecule has 1 N–H and O–H groups in total. The Morgan fingerprint density at radius 3 is 2.72 bits per heavy atom. The molecule has 0 atom stereocenters. The molecule has 1 saturated heterocycles. The number of anilines is 1. The van der Waals surface area contributed by atoms with Crippen LogP contribution in [0.2, 0.25) is 0 Å². The minimum Gasteiger partial charge on any atom is -0.355 e. The molecule has 1 aliphatic heterocycles. The average Bonchev–Trinajstić information content (AvgIpc) is 2.46. The summed E-state index contributed by atoms with van der Waals surface area (Å²) in [5, 5.41) is 2.67. The van der Waals surface area contributed by atoms with Crippen molar-refractivity contribution in [3.8, 4) is 0 Å². The summed E-state index contributed by atoms with van der Waals surface area (Å²) in [6.07, 6.45) is 8.52. The highest BCUT2D eigenvalue weighted by atomic mass is 16.1. The maximum atomic E-state index is 11.6. The van der Waals surface area contributed by atoms with E-state index in [4.69, 9.17) is 0 Å². The number of hydrogen-bond donors (Lipinski definition) is 1. The van der Waals surface area contributed by atoms with Gasteiger partial charge in [-0.2, -0.15) is 0 Å². The van der Waals surface area contributed by atoms with E-state index in [9.17, 15) is 4.79 Å². The van der Waals surface area contributed by atoms with Gasteiger partial charge in [-0.25, -0.2) is 9.97 Å². The van der Waals surface area contributed by atoms with Crippen molar-refractivity contribution in [3.63, 3.8) is 0 Å². The van der Waals surface area contributed by atoms with Crippen molar-refractivity contribution in [2.45, 2.75) is 19.3 Å². The fourth-order valence-corrected chi connectivity index (χ4v) is 1.98. The Kier molecular flexibility index (Phi) is 4.28. The highest BCUT2D eigenvalue weighted by Crippen LogP contribution is 2.16. The number of nitrogens with one attached hydrogen (secondary N) is 1. The molecule has 0 saturated carbocycles. The van der Waals surface area contributed by atoms with E-state index >= 15 is 0 Å². The largest absolute Gasteiger partial charge is 0.355 e. The van der Waals surface area contributed by atoms with Crippen LogP contribution in [0.4, 0.5) is 5.82 Å². The average molecular weight is 246 g/mol. The first-order valence-electron chi connectivity index (χ1n) is 6.27. The standard InChI is InChI=1S/C13H18N4O/c1-2-6-14-13(18)11-9-16-12(10-15-11)17-7-4-3-5-8-17/h2,9-10H,1,3-8H2,(H,14,18). The highest BCUT2D eigenvalue weighted by Gasteiger charge is 2.13. The molecule has 5 heteroatoms. The fraction of sp³-hybridized carbons (Fsp3) is 0.462. The Bertz CT molecular complexity index is 410. The van der Waals surface area contributed by atoms with E-state index in [1.165, 1.54) is 25.5 Å². The number of carbonyl (C=O) groups is 1. The summed E-state index contributed by atoms with van der Waals surface area (Å²) in [5.74, 6) is 0.641. The second kappa shape index (κ2) is 6.14. The van der Waals surface area contributed by atoms with Crippen molar-refractivity contribution < 1.29 is 4.79 Å². The lowest BCUT2D eigenvalue weighted by atomic mass is 10.1. The SMILES string of the molecule is C=CCNC(=O)c1cnc(N2CCCCC2)cn1. The lowest BCUT2D eigenvalue weighted by molar-refractivity contribution is 0.0952. The number of hydrogen-bond acceptors (Lipinski definition) is 4. The highest BCUT2D eigenvalue weighted by molar-refractivity contribution is 5.92. The van der Waals surface area contributed by atoms with Crippen LogP contribution < -0.4 is 10.2 Å². The topological polar surface area (TPSA) is 58.1 Å². The zero-order valence-electron chi connectivity index (χ0n) is 10.4. The summed E-state index contributed by atoms with van der Waals surface area (Å²) < 4.78 is 0. The van der Waals surface area contributed by atoms with E-state index in [0.29, 0.717) is 12.2 Å². The second-order valence-corrected chi connectivity index (χ2v) is 4.31. The molecule has 1 aliphatic rings. The molecule has 2 heterocycles. The summed E-state index contributed by atoms with van der Waals surface area (Å²) in [5.41, 5.74) is 0.345. The van der Waals surface area contributed by atoms with E-state index < -0.39 is 0 Å². The predicted octanol–water partition coefficient (Wildman–Crippen LogP) is 1.38. The van der Waals surface area contributed by atoms with Crippen LogP contribution in [-0.4, -0.2) is 35.5 Å². The summed E-state index contributed by atoms with van der Waals surface area (Å²) in [7, 11) is 0. The Morgan fingerprint density at radius 1 is 1.33 bits per heavy atom. The number of aromatic nitrogens is 2. The van der Waals surface area contributed by atoms with Gasteiger partial charge >= 0.3 is 0 Å². The third kappa shape index (κ3) is 3.06. The first kappa shape index (κ1) is 12.5. The third-order valence-corrected chi connectivity index (χ3v) is 2.96. The second-order valence-electron chi connectivity index (χ2n) is 4.31. The van der Waals surface area contributed by atoms with E-state index in [0.717, 1.165) is 18.9 Å². The molecule has 96 valence electrons. The maximum Gasteiger partial charge on any atom is 0.271 e. The van der Waals surface area contributed by atoms with Crippen molar-refractivity contribution in [2.24, 2.45) is 0 Å². The van der Waals surface area contributed by atoms with Gasteiger partial charge in [-0.15, -0.1) is 6.58 Å². The van der Waals surface area contributed by atoms with Gasteiger partial charge in [0.15, 0.2) is 0 Å². The third-order valence-electron chi connectivity index (χ3n) is 2.96. The molecule has 0 radical (unpaired) electrons. The molecule has 2 rings (SSSR count).